The van der Waals surface area contributed by atoms with Crippen LogP contribution in [0.25, 0.3) is 0 Å². The number of likely N-dealkylation sites (tertiary alicyclic amines) is 1. The number of hydrogen-bond acceptors (Lipinski definition) is 4. The Hall–Kier alpha value is -3.06. The van der Waals surface area contributed by atoms with Crippen LogP contribution >= 0.6 is 0 Å². The fraction of sp³-hybridized carbons (Fsp3) is 0.318. The Morgan fingerprint density at radius 3 is 2.31 bits per heavy atom. The number of carbonyl (C=O) groups excluding carboxylic acids is 3. The lowest BCUT2D eigenvalue weighted by atomic mass is 9.94. The molecule has 1 N–H and O–H groups in total. The Kier molecular flexibility index (Phi) is 5.40. The molecule has 2 aromatic rings. The second-order valence-corrected chi connectivity index (χ2v) is 7.40. The van der Waals surface area contributed by atoms with Crippen molar-refractivity contribution in [1.29, 1.82) is 0 Å². The van der Waals surface area contributed by atoms with Crippen molar-refractivity contribution in [2.24, 2.45) is 5.92 Å². The van der Waals surface area contributed by atoms with E-state index in [1.807, 2.05) is 35.2 Å². The number of nitrogens with one attached hydrogen (secondary N) is 1. The molecule has 1 atom stereocenters. The van der Waals surface area contributed by atoms with Crippen molar-refractivity contribution in [2.75, 3.05) is 23.3 Å². The predicted octanol–water partition coefficient (Wildman–Crippen LogP) is 2.81. The topological polar surface area (TPSA) is 69.7 Å². The van der Waals surface area contributed by atoms with E-state index in [4.69, 9.17) is 0 Å². The van der Waals surface area contributed by atoms with Gasteiger partial charge in [0.05, 0.1) is 18.2 Å². The quantitative estimate of drug-likeness (QED) is 0.809. The second kappa shape index (κ2) is 8.13. The molecule has 2 aliphatic heterocycles. The Labute approximate surface area is 168 Å². The van der Waals surface area contributed by atoms with E-state index < -0.39 is 23.7 Å². The first-order valence-electron chi connectivity index (χ1n) is 9.76. The van der Waals surface area contributed by atoms with E-state index in [2.05, 4.69) is 5.32 Å². The second-order valence-electron chi connectivity index (χ2n) is 7.40. The molecule has 2 saturated heterocycles. The monoisotopic (exact) mass is 395 g/mol. The molecule has 0 saturated carbocycles. The minimum Gasteiger partial charge on any atom is -0.326 e. The number of rotatable bonds is 4. The molecule has 4 rings (SSSR count). The van der Waals surface area contributed by atoms with Crippen LogP contribution in [0.4, 0.5) is 15.8 Å². The van der Waals surface area contributed by atoms with Gasteiger partial charge in [-0.1, -0.05) is 30.3 Å². The summed E-state index contributed by atoms with van der Waals surface area (Å²) in [5.74, 6) is -1.55. The Morgan fingerprint density at radius 2 is 1.62 bits per heavy atom. The van der Waals surface area contributed by atoms with Crippen LogP contribution in [-0.2, 0) is 14.4 Å². The summed E-state index contributed by atoms with van der Waals surface area (Å²) in [4.78, 5) is 40.6. The number of imide groups is 1. The average molecular weight is 395 g/mol. The van der Waals surface area contributed by atoms with E-state index >= 15 is 0 Å². The number of para-hydroxylation sites is 2. The molecular weight excluding hydrogens is 373 g/mol. The van der Waals surface area contributed by atoms with E-state index in [1.165, 1.54) is 18.2 Å². The normalized spacial score (nSPS) is 20.9. The molecule has 0 unspecified atom stereocenters. The highest BCUT2D eigenvalue weighted by Crippen LogP contribution is 2.30. The first-order valence-corrected chi connectivity index (χ1v) is 9.76. The fourth-order valence-corrected chi connectivity index (χ4v) is 4.03. The number of halogens is 1. The van der Waals surface area contributed by atoms with Crippen molar-refractivity contribution < 1.29 is 18.8 Å². The van der Waals surface area contributed by atoms with Gasteiger partial charge < -0.3 is 5.32 Å². The van der Waals surface area contributed by atoms with Gasteiger partial charge in [0.2, 0.25) is 11.8 Å². The number of anilines is 2. The summed E-state index contributed by atoms with van der Waals surface area (Å²) in [6.07, 6.45) is 1.25. The molecule has 6 nitrogen and oxygen atoms in total. The zero-order valence-electron chi connectivity index (χ0n) is 15.9. The summed E-state index contributed by atoms with van der Waals surface area (Å²) in [6.45, 7) is 1.09. The molecule has 2 fully saturated rings. The molecule has 0 aliphatic carbocycles. The van der Waals surface area contributed by atoms with Crippen LogP contribution in [0, 0.1) is 11.7 Å². The van der Waals surface area contributed by atoms with E-state index in [9.17, 15) is 18.8 Å². The van der Waals surface area contributed by atoms with Crippen LogP contribution in [0.15, 0.2) is 54.6 Å². The first-order chi connectivity index (χ1) is 14.0. The Balaban J connectivity index is 1.38. The summed E-state index contributed by atoms with van der Waals surface area (Å²) in [7, 11) is 0. The fourth-order valence-electron chi connectivity index (χ4n) is 4.03. The van der Waals surface area contributed by atoms with Gasteiger partial charge in [-0.25, -0.2) is 9.29 Å². The number of benzene rings is 2. The van der Waals surface area contributed by atoms with Crippen molar-refractivity contribution in [3.8, 4) is 0 Å². The molecule has 7 heteroatoms. The zero-order valence-corrected chi connectivity index (χ0v) is 15.9. The summed E-state index contributed by atoms with van der Waals surface area (Å²) in [5, 5.41) is 2.92. The van der Waals surface area contributed by atoms with Crippen LogP contribution < -0.4 is 10.2 Å². The highest BCUT2D eigenvalue weighted by atomic mass is 19.1. The van der Waals surface area contributed by atoms with E-state index in [0.717, 1.165) is 10.6 Å². The van der Waals surface area contributed by atoms with Crippen LogP contribution in [0.1, 0.15) is 19.3 Å². The number of hydrogen-bond donors (Lipinski definition) is 1. The Bertz CT molecular complexity index is 926. The third-order valence-electron chi connectivity index (χ3n) is 5.60. The van der Waals surface area contributed by atoms with Gasteiger partial charge in [0.15, 0.2) is 0 Å². The number of nitrogens with zero attached hydrogens (tertiary/aromatic N) is 2. The predicted molar refractivity (Wildman–Crippen MR) is 107 cm³/mol. The van der Waals surface area contributed by atoms with Gasteiger partial charge in [-0.2, -0.15) is 0 Å². The highest BCUT2D eigenvalue weighted by Gasteiger charge is 2.44. The van der Waals surface area contributed by atoms with Gasteiger partial charge in [0, 0.05) is 11.6 Å². The summed E-state index contributed by atoms with van der Waals surface area (Å²) >= 11 is 0. The molecule has 150 valence electrons. The molecule has 2 aromatic carbocycles. The standard InChI is InChI=1S/C22H22FN3O3/c23-17-8-4-5-9-18(17)26-20(27)14-19(22(26)29)25-12-10-15(11-13-25)21(28)24-16-6-2-1-3-7-16/h1-9,15,19H,10-14H2,(H,24,28)/t19-/m1/s1. The van der Waals surface area contributed by atoms with Gasteiger partial charge in [-0.3, -0.25) is 19.3 Å². The summed E-state index contributed by atoms with van der Waals surface area (Å²) in [5.41, 5.74) is 0.763. The average Bonchev–Trinajstić information content (AvgIpc) is 3.03. The maximum atomic E-state index is 14.1. The lowest BCUT2D eigenvalue weighted by Gasteiger charge is -2.34. The highest BCUT2D eigenvalue weighted by molar-refractivity contribution is 6.22. The van der Waals surface area contributed by atoms with Crippen molar-refractivity contribution >= 4 is 29.1 Å². The SMILES string of the molecule is O=C(Nc1ccccc1)C1CCN([C@@H]2CC(=O)N(c3ccccc3F)C2=O)CC1. The van der Waals surface area contributed by atoms with Crippen molar-refractivity contribution in [3.63, 3.8) is 0 Å². The van der Waals surface area contributed by atoms with Crippen LogP contribution in [0.5, 0.6) is 0 Å². The largest absolute Gasteiger partial charge is 0.326 e. The van der Waals surface area contributed by atoms with Gasteiger partial charge in [-0.05, 0) is 50.2 Å². The molecule has 0 spiro atoms. The number of amides is 3. The minimum atomic E-state index is -0.597. The van der Waals surface area contributed by atoms with E-state index in [0.29, 0.717) is 25.9 Å². The zero-order chi connectivity index (χ0) is 20.4. The lowest BCUT2D eigenvalue weighted by Crippen LogP contribution is -2.47. The Morgan fingerprint density at radius 1 is 0.966 bits per heavy atom. The molecule has 3 amide bonds. The molecule has 0 aromatic heterocycles. The lowest BCUT2D eigenvalue weighted by molar-refractivity contribution is -0.123. The first kappa shape index (κ1) is 19.3. The van der Waals surface area contributed by atoms with Gasteiger partial charge in [-0.15, -0.1) is 0 Å². The van der Waals surface area contributed by atoms with Gasteiger partial charge in [0.25, 0.3) is 5.91 Å². The minimum absolute atomic E-state index is 0.00197. The van der Waals surface area contributed by atoms with Gasteiger partial charge in [0.1, 0.15) is 5.82 Å². The maximum Gasteiger partial charge on any atom is 0.251 e. The molecular formula is C22H22FN3O3. The van der Waals surface area contributed by atoms with Crippen LogP contribution in [0.3, 0.4) is 0 Å². The molecule has 2 heterocycles. The third kappa shape index (κ3) is 3.91. The van der Waals surface area contributed by atoms with Crippen molar-refractivity contribution in [2.45, 2.75) is 25.3 Å². The van der Waals surface area contributed by atoms with E-state index in [-0.39, 0.29) is 23.9 Å². The van der Waals surface area contributed by atoms with Crippen LogP contribution in [-0.4, -0.2) is 41.8 Å². The maximum absolute atomic E-state index is 14.1. The molecule has 2 aliphatic rings. The van der Waals surface area contributed by atoms with Crippen LogP contribution in [0.2, 0.25) is 0 Å². The van der Waals surface area contributed by atoms with Crippen molar-refractivity contribution in [3.05, 3.63) is 60.4 Å². The van der Waals surface area contributed by atoms with E-state index in [1.54, 1.807) is 6.07 Å². The van der Waals surface area contributed by atoms with Crippen molar-refractivity contribution in [1.82, 2.24) is 4.90 Å². The summed E-state index contributed by atoms with van der Waals surface area (Å²) < 4.78 is 14.1. The smallest absolute Gasteiger partial charge is 0.251 e. The molecule has 0 radical (unpaired) electrons. The number of piperidine rings is 1. The molecule has 0 bridgehead atoms. The molecule has 29 heavy (non-hydrogen) atoms. The summed E-state index contributed by atoms with van der Waals surface area (Å²) in [6, 6.07) is 14.5. The van der Waals surface area contributed by atoms with Gasteiger partial charge >= 0.3 is 0 Å². The third-order valence-corrected chi connectivity index (χ3v) is 5.60. The number of carbonyl (C=O) groups is 3.